The van der Waals surface area contributed by atoms with Crippen LogP contribution in [0.25, 0.3) is 22.2 Å². The van der Waals surface area contributed by atoms with Crippen LogP contribution in [0.3, 0.4) is 0 Å². The Morgan fingerprint density at radius 1 is 1.00 bits per heavy atom. The standard InChI is InChI=1S/C23H25N3S2/c1-3-8-20-14-19(16-27-20)22-24-25-23(26(22)13-4-2)28-15-18-11-7-10-17-9-5-6-12-21(17)18/h5-7,9-12,14,16H,3-4,8,13,15H2,1-2H3. The lowest BCUT2D eigenvalue weighted by Crippen LogP contribution is -2.01. The van der Waals surface area contributed by atoms with Crippen molar-refractivity contribution in [2.24, 2.45) is 0 Å². The molecule has 0 unspecified atom stereocenters. The lowest BCUT2D eigenvalue weighted by molar-refractivity contribution is 0.626. The molecule has 2 heterocycles. The van der Waals surface area contributed by atoms with E-state index in [0.29, 0.717) is 0 Å². The Labute approximate surface area is 174 Å². The highest BCUT2D eigenvalue weighted by Crippen LogP contribution is 2.31. The SMILES string of the molecule is CCCc1cc(-c2nnc(SCc3cccc4ccccc34)n2CCC)cs1. The maximum atomic E-state index is 4.55. The molecule has 0 atom stereocenters. The van der Waals surface area contributed by atoms with Gasteiger partial charge in [-0.2, -0.15) is 0 Å². The molecule has 5 heteroatoms. The van der Waals surface area contributed by atoms with E-state index in [-0.39, 0.29) is 0 Å². The number of hydrogen-bond acceptors (Lipinski definition) is 4. The molecule has 0 saturated carbocycles. The zero-order valence-electron chi connectivity index (χ0n) is 16.4. The lowest BCUT2D eigenvalue weighted by Gasteiger charge is -2.09. The summed E-state index contributed by atoms with van der Waals surface area (Å²) in [6, 6.07) is 17.4. The van der Waals surface area contributed by atoms with Crippen LogP contribution in [0.2, 0.25) is 0 Å². The van der Waals surface area contributed by atoms with Crippen LogP contribution in [0, 0.1) is 0 Å². The molecule has 0 aliphatic rings. The second kappa shape index (κ2) is 8.93. The van der Waals surface area contributed by atoms with Gasteiger partial charge in [0, 0.05) is 28.1 Å². The number of fused-ring (bicyclic) bond motifs is 1. The summed E-state index contributed by atoms with van der Waals surface area (Å²) in [5.41, 5.74) is 2.54. The summed E-state index contributed by atoms with van der Waals surface area (Å²) in [7, 11) is 0. The summed E-state index contributed by atoms with van der Waals surface area (Å²) in [6.45, 7) is 5.37. The predicted octanol–water partition coefficient (Wildman–Crippen LogP) is 6.81. The molecule has 144 valence electrons. The highest BCUT2D eigenvalue weighted by Gasteiger charge is 2.15. The zero-order chi connectivity index (χ0) is 19.3. The van der Waals surface area contributed by atoms with Crippen LogP contribution in [-0.4, -0.2) is 14.8 Å². The van der Waals surface area contributed by atoms with Crippen LogP contribution >= 0.6 is 23.1 Å². The van der Waals surface area contributed by atoms with Gasteiger partial charge in [-0.3, -0.25) is 0 Å². The Kier molecular flexibility index (Phi) is 6.13. The number of nitrogens with zero attached hydrogens (tertiary/aromatic N) is 3. The third kappa shape index (κ3) is 4.01. The van der Waals surface area contributed by atoms with Crippen molar-refractivity contribution >= 4 is 33.9 Å². The molecule has 0 N–H and O–H groups in total. The number of rotatable bonds is 8. The van der Waals surface area contributed by atoms with E-state index >= 15 is 0 Å². The van der Waals surface area contributed by atoms with Gasteiger partial charge in [0.05, 0.1) is 0 Å². The number of hydrogen-bond donors (Lipinski definition) is 0. The number of aryl methyl sites for hydroxylation is 1. The predicted molar refractivity (Wildman–Crippen MR) is 121 cm³/mol. The first-order valence-corrected chi connectivity index (χ1v) is 11.8. The summed E-state index contributed by atoms with van der Waals surface area (Å²) in [4.78, 5) is 1.42. The van der Waals surface area contributed by atoms with Crippen molar-refractivity contribution in [2.45, 2.75) is 50.6 Å². The van der Waals surface area contributed by atoms with Crippen molar-refractivity contribution in [3.8, 4) is 11.4 Å². The smallest absolute Gasteiger partial charge is 0.191 e. The van der Waals surface area contributed by atoms with Crippen molar-refractivity contribution in [1.29, 1.82) is 0 Å². The van der Waals surface area contributed by atoms with Crippen LogP contribution in [0.4, 0.5) is 0 Å². The Morgan fingerprint density at radius 3 is 2.71 bits per heavy atom. The average Bonchev–Trinajstić information content (AvgIpc) is 3.34. The molecule has 2 aromatic heterocycles. The van der Waals surface area contributed by atoms with Gasteiger partial charge in [0.1, 0.15) is 0 Å². The molecule has 2 aromatic carbocycles. The van der Waals surface area contributed by atoms with E-state index < -0.39 is 0 Å². The molecule has 4 rings (SSSR count). The van der Waals surface area contributed by atoms with Crippen molar-refractivity contribution in [1.82, 2.24) is 14.8 Å². The van der Waals surface area contributed by atoms with Crippen LogP contribution in [0.5, 0.6) is 0 Å². The van der Waals surface area contributed by atoms with Gasteiger partial charge in [-0.15, -0.1) is 21.5 Å². The number of aromatic nitrogens is 3. The van der Waals surface area contributed by atoms with Gasteiger partial charge in [0.25, 0.3) is 0 Å². The summed E-state index contributed by atoms with van der Waals surface area (Å²) in [5.74, 6) is 1.90. The van der Waals surface area contributed by atoms with Gasteiger partial charge in [0.2, 0.25) is 0 Å². The van der Waals surface area contributed by atoms with Crippen molar-refractivity contribution in [3.63, 3.8) is 0 Å². The Balaban J connectivity index is 1.60. The fourth-order valence-electron chi connectivity index (χ4n) is 3.47. The summed E-state index contributed by atoms with van der Waals surface area (Å²) in [6.07, 6.45) is 3.38. The topological polar surface area (TPSA) is 30.7 Å². The fourth-order valence-corrected chi connectivity index (χ4v) is 5.41. The summed E-state index contributed by atoms with van der Waals surface area (Å²) >= 11 is 3.61. The first-order valence-electron chi connectivity index (χ1n) is 9.90. The third-order valence-corrected chi connectivity index (χ3v) is 6.82. The highest BCUT2D eigenvalue weighted by molar-refractivity contribution is 7.98. The number of thioether (sulfide) groups is 1. The molecule has 0 aliphatic heterocycles. The minimum Gasteiger partial charge on any atom is -0.302 e. The lowest BCUT2D eigenvalue weighted by atomic mass is 10.1. The van der Waals surface area contributed by atoms with Gasteiger partial charge in [-0.1, -0.05) is 74.5 Å². The van der Waals surface area contributed by atoms with Crippen molar-refractivity contribution in [2.75, 3.05) is 0 Å². The third-order valence-electron chi connectivity index (χ3n) is 4.81. The molecule has 0 fully saturated rings. The van der Waals surface area contributed by atoms with Crippen LogP contribution in [0.1, 0.15) is 37.1 Å². The molecule has 0 amide bonds. The normalized spacial score (nSPS) is 11.4. The van der Waals surface area contributed by atoms with E-state index in [1.54, 1.807) is 11.8 Å². The van der Waals surface area contributed by atoms with Gasteiger partial charge < -0.3 is 4.57 Å². The minimum atomic E-state index is 0.897. The molecule has 4 aromatic rings. The maximum absolute atomic E-state index is 4.55. The van der Waals surface area contributed by atoms with Crippen LogP contribution < -0.4 is 0 Å². The Hall–Kier alpha value is -2.11. The molecule has 0 saturated heterocycles. The zero-order valence-corrected chi connectivity index (χ0v) is 18.0. The molecule has 0 radical (unpaired) electrons. The van der Waals surface area contributed by atoms with Gasteiger partial charge in [-0.25, -0.2) is 0 Å². The number of thiophene rings is 1. The van der Waals surface area contributed by atoms with Crippen molar-refractivity contribution in [3.05, 3.63) is 64.4 Å². The minimum absolute atomic E-state index is 0.897. The van der Waals surface area contributed by atoms with E-state index in [2.05, 4.69) is 82.5 Å². The Morgan fingerprint density at radius 2 is 1.86 bits per heavy atom. The van der Waals surface area contributed by atoms with E-state index in [1.165, 1.54) is 33.2 Å². The van der Waals surface area contributed by atoms with Crippen LogP contribution in [0.15, 0.2) is 59.1 Å². The molecule has 0 aliphatic carbocycles. The van der Waals surface area contributed by atoms with Crippen molar-refractivity contribution < 1.29 is 0 Å². The molecule has 28 heavy (non-hydrogen) atoms. The molecule has 3 nitrogen and oxygen atoms in total. The number of benzene rings is 2. The highest BCUT2D eigenvalue weighted by atomic mass is 32.2. The molecule has 0 bridgehead atoms. The van der Waals surface area contributed by atoms with E-state index in [4.69, 9.17) is 0 Å². The molecule has 0 spiro atoms. The van der Waals surface area contributed by atoms with Crippen LogP contribution in [-0.2, 0) is 18.7 Å². The largest absolute Gasteiger partial charge is 0.302 e. The molecular weight excluding hydrogens is 382 g/mol. The maximum Gasteiger partial charge on any atom is 0.191 e. The first-order chi connectivity index (χ1) is 13.8. The first kappa shape index (κ1) is 19.2. The van der Waals surface area contributed by atoms with Gasteiger partial charge in [-0.05, 0) is 35.2 Å². The Bertz CT molecular complexity index is 1060. The second-order valence-corrected chi connectivity index (χ2v) is 8.87. The second-order valence-electron chi connectivity index (χ2n) is 6.94. The van der Waals surface area contributed by atoms with E-state index in [9.17, 15) is 0 Å². The van der Waals surface area contributed by atoms with Gasteiger partial charge in [0.15, 0.2) is 11.0 Å². The van der Waals surface area contributed by atoms with E-state index in [1.807, 2.05) is 11.3 Å². The quantitative estimate of drug-likeness (QED) is 0.300. The molecular formula is C23H25N3S2. The van der Waals surface area contributed by atoms with Gasteiger partial charge >= 0.3 is 0 Å². The monoisotopic (exact) mass is 407 g/mol. The summed E-state index contributed by atoms with van der Waals surface area (Å²) in [5, 5.41) is 14.9. The summed E-state index contributed by atoms with van der Waals surface area (Å²) < 4.78 is 2.29. The van der Waals surface area contributed by atoms with E-state index in [0.717, 1.165) is 36.1 Å². The fraction of sp³-hybridized carbons (Fsp3) is 0.304. The average molecular weight is 408 g/mol.